The molecular formula is C12H20FN3O2S. The molecule has 1 unspecified atom stereocenters. The summed E-state index contributed by atoms with van der Waals surface area (Å²) in [6.45, 7) is 4.09. The van der Waals surface area contributed by atoms with E-state index in [1.807, 2.05) is 0 Å². The lowest BCUT2D eigenvalue weighted by Crippen LogP contribution is -2.44. The number of aromatic nitrogens is 2. The number of hydrogen-bond acceptors (Lipinski definition) is 4. The molecule has 19 heavy (non-hydrogen) atoms. The van der Waals surface area contributed by atoms with Gasteiger partial charge in [0.2, 0.25) is 14.8 Å². The van der Waals surface area contributed by atoms with Crippen LogP contribution in [0.15, 0.2) is 11.1 Å². The zero-order valence-corrected chi connectivity index (χ0v) is 12.3. The first-order valence-corrected chi connectivity index (χ1v) is 7.89. The number of alkyl halides is 1. The van der Waals surface area contributed by atoms with Crippen LogP contribution in [0.3, 0.4) is 0 Å². The van der Waals surface area contributed by atoms with Crippen LogP contribution in [0.1, 0.15) is 25.5 Å². The molecule has 7 heteroatoms. The van der Waals surface area contributed by atoms with Crippen LogP contribution in [-0.2, 0) is 16.9 Å². The fraction of sp³-hybridized carbons (Fsp3) is 0.750. The van der Waals surface area contributed by atoms with Crippen molar-refractivity contribution in [2.75, 3.05) is 13.1 Å². The summed E-state index contributed by atoms with van der Waals surface area (Å²) in [7, 11) is -2.39. The van der Waals surface area contributed by atoms with Crippen molar-refractivity contribution in [3.63, 3.8) is 0 Å². The Bertz CT molecular complexity index is 560. The smallest absolute Gasteiger partial charge is 0.216 e. The summed E-state index contributed by atoms with van der Waals surface area (Å²) >= 11 is 0. The Morgan fingerprint density at radius 3 is 2.53 bits per heavy atom. The summed E-state index contributed by atoms with van der Waals surface area (Å²) in [6.07, 6.45) is 2.45. The third kappa shape index (κ3) is 2.41. The predicted molar refractivity (Wildman–Crippen MR) is 70.2 cm³/mol. The van der Waals surface area contributed by atoms with Crippen molar-refractivity contribution < 1.29 is 12.8 Å². The van der Waals surface area contributed by atoms with Gasteiger partial charge in [0.05, 0.1) is 5.69 Å². The number of nitrogens with zero attached hydrogens (tertiary/aromatic N) is 2. The zero-order valence-electron chi connectivity index (χ0n) is 11.5. The average molecular weight is 289 g/mol. The summed E-state index contributed by atoms with van der Waals surface area (Å²) in [5.41, 5.74) is 0.348. The standard InChI is InChI=1S/C12H20FN3O2S/c1-9-11(8-16(3)15-9)19(17,18)12(2,13)10-4-6-14-7-5-10/h8,10,14H,4-7H2,1-3H3. The first kappa shape index (κ1) is 14.5. The average Bonchev–Trinajstić information content (AvgIpc) is 2.70. The Balaban J connectivity index is 2.40. The van der Waals surface area contributed by atoms with E-state index < -0.39 is 20.8 Å². The van der Waals surface area contributed by atoms with Gasteiger partial charge in [-0.05, 0) is 39.8 Å². The zero-order chi connectivity index (χ0) is 14.3. The van der Waals surface area contributed by atoms with Gasteiger partial charge in [-0.25, -0.2) is 12.8 Å². The van der Waals surface area contributed by atoms with E-state index in [2.05, 4.69) is 10.4 Å². The fourth-order valence-electron chi connectivity index (χ4n) is 2.61. The summed E-state index contributed by atoms with van der Waals surface area (Å²) < 4.78 is 41.5. The predicted octanol–water partition coefficient (Wildman–Crippen LogP) is 1.19. The molecule has 0 spiro atoms. The number of piperidine rings is 1. The first-order valence-electron chi connectivity index (χ1n) is 6.41. The molecular weight excluding hydrogens is 269 g/mol. The number of hydrogen-bond donors (Lipinski definition) is 1. The monoisotopic (exact) mass is 289 g/mol. The van der Waals surface area contributed by atoms with Crippen molar-refractivity contribution in [3.05, 3.63) is 11.9 Å². The second-order valence-electron chi connectivity index (χ2n) is 5.27. The molecule has 1 saturated heterocycles. The third-order valence-electron chi connectivity index (χ3n) is 3.85. The van der Waals surface area contributed by atoms with Crippen molar-refractivity contribution in [1.82, 2.24) is 15.1 Å². The lowest BCUT2D eigenvalue weighted by atomic mass is 9.93. The molecule has 0 saturated carbocycles. The second-order valence-corrected chi connectivity index (χ2v) is 7.51. The van der Waals surface area contributed by atoms with E-state index in [0.717, 1.165) is 0 Å². The number of nitrogens with one attached hydrogen (secondary N) is 1. The molecule has 108 valence electrons. The van der Waals surface area contributed by atoms with Gasteiger partial charge >= 0.3 is 0 Å². The van der Waals surface area contributed by atoms with E-state index in [1.165, 1.54) is 17.8 Å². The molecule has 1 atom stereocenters. The Hall–Kier alpha value is -0.950. The quantitative estimate of drug-likeness (QED) is 0.908. The van der Waals surface area contributed by atoms with Crippen LogP contribution >= 0.6 is 0 Å². The van der Waals surface area contributed by atoms with Gasteiger partial charge in [-0.2, -0.15) is 5.10 Å². The largest absolute Gasteiger partial charge is 0.317 e. The van der Waals surface area contributed by atoms with E-state index in [1.54, 1.807) is 14.0 Å². The van der Waals surface area contributed by atoms with Crippen LogP contribution in [0.25, 0.3) is 0 Å². The SMILES string of the molecule is Cc1nn(C)cc1S(=O)(=O)C(C)(F)C1CCNCC1. The Kier molecular flexibility index (Phi) is 3.70. The van der Waals surface area contributed by atoms with Gasteiger partial charge in [0, 0.05) is 19.2 Å². The molecule has 2 heterocycles. The molecule has 1 N–H and O–H groups in total. The minimum atomic E-state index is -4.03. The van der Waals surface area contributed by atoms with E-state index in [4.69, 9.17) is 0 Å². The van der Waals surface area contributed by atoms with E-state index in [-0.39, 0.29) is 4.90 Å². The highest BCUT2D eigenvalue weighted by atomic mass is 32.2. The summed E-state index contributed by atoms with van der Waals surface area (Å²) in [6, 6.07) is 0. The molecule has 0 aliphatic carbocycles. The molecule has 1 aromatic heterocycles. The maximum atomic E-state index is 15.0. The van der Waals surface area contributed by atoms with Gasteiger partial charge in [-0.1, -0.05) is 0 Å². The molecule has 0 radical (unpaired) electrons. The fourth-order valence-corrected chi connectivity index (χ4v) is 4.44. The van der Waals surface area contributed by atoms with Gasteiger partial charge in [0.15, 0.2) is 0 Å². The topological polar surface area (TPSA) is 64.0 Å². The maximum Gasteiger partial charge on any atom is 0.216 e. The first-order chi connectivity index (χ1) is 8.76. The number of aryl methyl sites for hydroxylation is 2. The van der Waals surface area contributed by atoms with E-state index >= 15 is 0 Å². The molecule has 5 nitrogen and oxygen atoms in total. The van der Waals surface area contributed by atoms with Crippen LogP contribution in [-0.4, -0.2) is 36.3 Å². The summed E-state index contributed by atoms with van der Waals surface area (Å²) in [4.78, 5) is -0.00136. The van der Waals surface area contributed by atoms with Crippen LogP contribution in [0, 0.1) is 12.8 Å². The minimum absolute atomic E-state index is 0.00136. The molecule has 1 aromatic rings. The van der Waals surface area contributed by atoms with E-state index in [0.29, 0.717) is 31.6 Å². The highest BCUT2D eigenvalue weighted by molar-refractivity contribution is 7.92. The number of halogens is 1. The highest BCUT2D eigenvalue weighted by Crippen LogP contribution is 2.38. The Morgan fingerprint density at radius 2 is 2.05 bits per heavy atom. The molecule has 1 aliphatic rings. The normalized spacial score (nSPS) is 21.3. The van der Waals surface area contributed by atoms with Crippen LogP contribution in [0.4, 0.5) is 4.39 Å². The Labute approximate surface area is 113 Å². The van der Waals surface area contributed by atoms with Crippen molar-refractivity contribution in [2.45, 2.75) is 36.6 Å². The van der Waals surface area contributed by atoms with Crippen molar-refractivity contribution in [1.29, 1.82) is 0 Å². The summed E-state index contributed by atoms with van der Waals surface area (Å²) in [5, 5.41) is 4.86. The summed E-state index contributed by atoms with van der Waals surface area (Å²) in [5.74, 6) is -0.474. The highest BCUT2D eigenvalue weighted by Gasteiger charge is 2.48. The number of rotatable bonds is 3. The number of sulfone groups is 1. The van der Waals surface area contributed by atoms with Crippen molar-refractivity contribution in [3.8, 4) is 0 Å². The van der Waals surface area contributed by atoms with Crippen molar-refractivity contribution >= 4 is 9.84 Å². The molecule has 0 aromatic carbocycles. The molecule has 0 amide bonds. The third-order valence-corrected chi connectivity index (χ3v) is 6.22. The molecule has 1 aliphatic heterocycles. The van der Waals surface area contributed by atoms with Gasteiger partial charge in [-0.3, -0.25) is 4.68 Å². The Morgan fingerprint density at radius 1 is 1.47 bits per heavy atom. The van der Waals surface area contributed by atoms with Gasteiger partial charge in [0.25, 0.3) is 0 Å². The van der Waals surface area contributed by atoms with E-state index in [9.17, 15) is 12.8 Å². The lowest BCUT2D eigenvalue weighted by Gasteiger charge is -2.33. The van der Waals surface area contributed by atoms with Gasteiger partial charge in [0.1, 0.15) is 4.90 Å². The van der Waals surface area contributed by atoms with Crippen molar-refractivity contribution in [2.24, 2.45) is 13.0 Å². The van der Waals surface area contributed by atoms with Crippen LogP contribution < -0.4 is 5.32 Å². The van der Waals surface area contributed by atoms with Crippen LogP contribution in [0.2, 0.25) is 0 Å². The second kappa shape index (κ2) is 4.86. The van der Waals surface area contributed by atoms with Gasteiger partial charge in [-0.15, -0.1) is 0 Å². The van der Waals surface area contributed by atoms with Crippen LogP contribution in [0.5, 0.6) is 0 Å². The molecule has 1 fully saturated rings. The lowest BCUT2D eigenvalue weighted by molar-refractivity contribution is 0.159. The maximum absolute atomic E-state index is 15.0. The molecule has 2 rings (SSSR count). The van der Waals surface area contributed by atoms with Gasteiger partial charge < -0.3 is 5.32 Å². The minimum Gasteiger partial charge on any atom is -0.317 e. The molecule has 0 bridgehead atoms.